The first-order chi connectivity index (χ1) is 58.9. The fourth-order valence-electron chi connectivity index (χ4n) is 13.0. The third kappa shape index (κ3) is 27.1. The highest BCUT2D eigenvalue weighted by molar-refractivity contribution is 9.11. The van der Waals surface area contributed by atoms with Crippen molar-refractivity contribution >= 4 is 140 Å². The van der Waals surface area contributed by atoms with Gasteiger partial charge in [0.05, 0.1) is 89.7 Å². The lowest BCUT2D eigenvalue weighted by atomic mass is 10.0. The molecule has 15 N–H and O–H groups in total. The number of amides is 1. The Balaban J connectivity index is 0.000000194. The van der Waals surface area contributed by atoms with E-state index in [0.717, 1.165) is 44.8 Å². The zero-order chi connectivity index (χ0) is 89.6. The maximum atomic E-state index is 11.7. The van der Waals surface area contributed by atoms with Gasteiger partial charge in [-0.05, 0) is 272 Å². The highest BCUT2D eigenvalue weighted by Crippen LogP contribution is 2.41. The molecule has 0 atom stereocenters. The monoisotopic (exact) mass is 1940 g/mol. The van der Waals surface area contributed by atoms with E-state index in [-0.39, 0.29) is 91.1 Å². The van der Waals surface area contributed by atoms with Crippen LogP contribution in [-0.4, -0.2) is 96.3 Å². The number of nitro benzene ring substituents is 3. The SMILES string of the molecule is Br.CC1=NN(c2ccc3c(c2)CCC3)C(=O)C1.COc1c(-c2cccc(C(=O)O)c2)cccc1[N+](=O)[O-].COc1c(Br)cccc1[N+](=O)[O-].COc1c(N)cccc1-c1cccc(C(=O)O)c1.NNc1ccc2c(c1)CCC2.Nc1ccc2c(c1)CCC2.Nc1cccc(-c2cccc(C(=O)O)c2)c1O.O=[N+]([O-])c1cccc(Br)c1O.Oc1ccccc1Br. The van der Waals surface area contributed by atoms with E-state index in [1.165, 1.54) is 172 Å². The molecule has 0 bridgehead atoms. The number of aromatic hydroxyl groups is 3. The van der Waals surface area contributed by atoms with Crippen molar-refractivity contribution < 1.29 is 78.8 Å². The highest BCUT2D eigenvalue weighted by atomic mass is 79.9. The summed E-state index contributed by atoms with van der Waals surface area (Å²) in [4.78, 5) is 74.4. The van der Waals surface area contributed by atoms with Crippen LogP contribution in [0.2, 0.25) is 0 Å². The van der Waals surface area contributed by atoms with Crippen molar-refractivity contribution in [3.05, 3.63) is 336 Å². The molecule has 33 heteroatoms. The number of carboxylic acid groups (broad SMARTS) is 3. The lowest BCUT2D eigenvalue weighted by Crippen LogP contribution is -2.19. The zero-order valence-electron chi connectivity index (χ0n) is 67.2. The number of ether oxygens (including phenoxy) is 3. The van der Waals surface area contributed by atoms with Gasteiger partial charge in [0.15, 0.2) is 0 Å². The number of nitrogen functional groups attached to an aromatic ring is 4. The Morgan fingerprint density at radius 2 is 0.839 bits per heavy atom. The fourth-order valence-corrected chi connectivity index (χ4v) is 14.2. The van der Waals surface area contributed by atoms with E-state index in [2.05, 4.69) is 94.7 Å². The summed E-state index contributed by atoms with van der Waals surface area (Å²) in [6.07, 6.45) is 11.5. The third-order valence-electron chi connectivity index (χ3n) is 19.0. The van der Waals surface area contributed by atoms with Crippen LogP contribution in [0, 0.1) is 30.3 Å². The number of nitrogens with zero attached hydrogens (tertiary/aromatic N) is 5. The Morgan fingerprint density at radius 1 is 0.435 bits per heavy atom. The number of phenols is 3. The summed E-state index contributed by atoms with van der Waals surface area (Å²) in [5.74, 6) is 3.19. The van der Waals surface area contributed by atoms with Crippen LogP contribution in [-0.2, 0) is 43.3 Å². The lowest BCUT2D eigenvalue weighted by molar-refractivity contribution is -0.386. The second kappa shape index (κ2) is 47.5. The number of carbonyl (C=O) groups is 4. The molecule has 124 heavy (non-hydrogen) atoms. The number of hydrogen-bond acceptors (Lipinski definition) is 22. The average Bonchev–Trinajstić information content (AvgIpc) is 1.13. The van der Waals surface area contributed by atoms with Crippen LogP contribution in [0.5, 0.6) is 34.5 Å². The number of nitro groups is 3. The predicted molar refractivity (Wildman–Crippen MR) is 496 cm³/mol. The standard InChI is InChI=1S/C14H11NO5.C14H13NO3.C13H14N2O.C13H11NO3.C9H12N2.C9H11N.C7H6BrNO3.C6H4BrNO3.C6H5BrO.BrH/c1-20-13-11(6-3-7-12(13)15(18)19)9-4-2-5-10(8-9)14(16)17;1-18-13-11(6-3-7-12(13)15)9-4-2-5-10(8-9)14(16)17;1-9-7-13(16)15(14-9)12-6-5-10-3-2-4-11(10)8-12;14-11-6-2-5-10(12(11)15)8-3-1-4-9(7-8)13(16)17;10-11-9-5-4-7-2-1-3-8(7)6-9;10-9-5-4-7-2-1-3-8(7)6-9;1-12-7-5(8)3-2-4-6(7)9(10)11;7-4-2-1-3-5(6(4)9)8(10)11;7-5-3-1-2-4-6(5)8;/h2-8H,1H3,(H,16,17);2-8H,15H2,1H3,(H,16,17);5-6,8H,2-4,7H2,1H3;1-7,15H,14H2,(H,16,17);4-6,11H,1-3,10H2;4-6H,1-3,10H2;2-4H,1H3;1-3,9H;1-4,8H;1H. The molecular weight excluding hydrogens is 1860 g/mol. The van der Waals surface area contributed by atoms with Crippen LogP contribution in [0.25, 0.3) is 33.4 Å². The molecule has 16 rings (SSSR count). The molecule has 0 spiro atoms. The number of fused-ring (bicyclic) bond motifs is 3. The van der Waals surface area contributed by atoms with Crippen molar-refractivity contribution in [1.82, 2.24) is 0 Å². The number of hydrazone groups is 1. The lowest BCUT2D eigenvalue weighted by Gasteiger charge is -2.13. The van der Waals surface area contributed by atoms with Gasteiger partial charge in [-0.1, -0.05) is 115 Å². The maximum absolute atomic E-state index is 11.7. The third-order valence-corrected chi connectivity index (χ3v) is 20.9. The Kier molecular flexibility index (Phi) is 37.3. The molecular formula is C91H88Br4N10O19. The second-order valence-corrected chi connectivity index (χ2v) is 29.8. The number of aryl methyl sites for hydroxylation is 6. The molecule has 0 aromatic heterocycles. The van der Waals surface area contributed by atoms with Gasteiger partial charge in [-0.3, -0.25) is 41.0 Å². The molecule has 0 fully saturated rings. The maximum Gasteiger partial charge on any atom is 0.335 e. The first-order valence-corrected chi connectivity index (χ1v) is 40.0. The van der Waals surface area contributed by atoms with Gasteiger partial charge < -0.3 is 67.5 Å². The number of carboxylic acids is 3. The number of para-hydroxylation sites is 6. The molecule has 0 radical (unpaired) electrons. The molecule has 0 unspecified atom stereocenters. The number of rotatable bonds is 14. The van der Waals surface area contributed by atoms with Gasteiger partial charge in [0.1, 0.15) is 17.2 Å². The summed E-state index contributed by atoms with van der Waals surface area (Å²) >= 11 is 9.25. The van der Waals surface area contributed by atoms with Crippen molar-refractivity contribution in [2.24, 2.45) is 10.9 Å². The number of nitrogens with one attached hydrogen (secondary N) is 1. The largest absolute Gasteiger partial charge is 0.507 e. The Morgan fingerprint density at radius 3 is 1.29 bits per heavy atom. The van der Waals surface area contributed by atoms with Gasteiger partial charge in [0.25, 0.3) is 5.91 Å². The summed E-state index contributed by atoms with van der Waals surface area (Å²) in [6.45, 7) is 1.89. The van der Waals surface area contributed by atoms with E-state index >= 15 is 0 Å². The Hall–Kier alpha value is -13.7. The summed E-state index contributed by atoms with van der Waals surface area (Å²) in [5, 5.41) is 92.0. The number of nitrogens with two attached hydrogens (primary N) is 4. The molecule has 29 nitrogen and oxygen atoms in total. The molecule has 1 aliphatic heterocycles. The van der Waals surface area contributed by atoms with Crippen molar-refractivity contribution in [3.63, 3.8) is 0 Å². The van der Waals surface area contributed by atoms with Crippen LogP contribution >= 0.6 is 64.8 Å². The van der Waals surface area contributed by atoms with E-state index in [1.54, 1.807) is 109 Å². The van der Waals surface area contributed by atoms with Crippen molar-refractivity contribution in [2.45, 2.75) is 71.1 Å². The smallest absolute Gasteiger partial charge is 0.335 e. The molecule has 0 saturated carbocycles. The van der Waals surface area contributed by atoms with Gasteiger partial charge in [-0.2, -0.15) is 5.10 Å². The Bertz CT molecular complexity index is 5840. The van der Waals surface area contributed by atoms with E-state index in [9.17, 15) is 54.6 Å². The Labute approximate surface area is 748 Å². The molecule has 4 aliphatic rings. The number of benzene rings is 12. The number of halogens is 4. The van der Waals surface area contributed by atoms with E-state index in [4.69, 9.17) is 62.8 Å². The number of methoxy groups -OCH3 is 3. The quantitative estimate of drug-likeness (QED) is 0.0158. The number of phenolic OH excluding ortho intramolecular Hbond substituents is 3. The van der Waals surface area contributed by atoms with Crippen molar-refractivity contribution in [1.29, 1.82) is 0 Å². The topological polar surface area (TPSA) is 478 Å². The first kappa shape index (κ1) is 97.4. The average molecular weight is 1950 g/mol. The number of hydrazine groups is 1. The number of carbonyl (C=O) groups excluding carboxylic acids is 1. The van der Waals surface area contributed by atoms with Crippen molar-refractivity contribution in [3.8, 4) is 67.9 Å². The minimum Gasteiger partial charge on any atom is -0.507 e. The summed E-state index contributed by atoms with van der Waals surface area (Å²) < 4.78 is 16.9. The highest BCUT2D eigenvalue weighted by Gasteiger charge is 2.26. The van der Waals surface area contributed by atoms with E-state index in [0.29, 0.717) is 49.1 Å². The summed E-state index contributed by atoms with van der Waals surface area (Å²) in [7, 11) is 4.27. The molecule has 1 amide bonds. The normalized spacial score (nSPS) is 11.8. The van der Waals surface area contributed by atoms with Gasteiger partial charge in [-0.25, -0.2) is 19.4 Å². The second-order valence-electron chi connectivity index (χ2n) is 27.2. The molecule has 644 valence electrons. The minimum absolute atomic E-state index is 0. The number of aromatic carboxylic acids is 3. The van der Waals surface area contributed by atoms with Crippen LogP contribution in [0.3, 0.4) is 0 Å². The first-order valence-electron chi connectivity index (χ1n) is 37.7. The van der Waals surface area contributed by atoms with E-state index < -0.39 is 32.7 Å². The van der Waals surface area contributed by atoms with Gasteiger partial charge in [0, 0.05) is 52.0 Å². The van der Waals surface area contributed by atoms with E-state index in [1.807, 2.05) is 43.3 Å². The molecule has 1 heterocycles. The molecule has 0 saturated heterocycles. The van der Waals surface area contributed by atoms with Crippen LogP contribution in [0.1, 0.15) is 97.1 Å². The zero-order valence-corrected chi connectivity index (χ0v) is 73.7. The van der Waals surface area contributed by atoms with Gasteiger partial charge in [0.2, 0.25) is 17.2 Å². The number of hydrogen-bond donors (Lipinski definition) is 11. The molecule has 3 aliphatic carbocycles. The van der Waals surface area contributed by atoms with Crippen LogP contribution in [0.4, 0.5) is 45.5 Å². The van der Waals surface area contributed by atoms with Crippen molar-refractivity contribution in [2.75, 3.05) is 49.0 Å². The fraction of sp³-hybridized carbons (Fsp3) is 0.154. The molecule has 12 aromatic rings. The van der Waals surface area contributed by atoms with Crippen LogP contribution < -0.4 is 47.7 Å². The van der Waals surface area contributed by atoms with Gasteiger partial charge in [-0.15, -0.1) is 17.0 Å². The molecule has 12 aromatic carbocycles. The van der Waals surface area contributed by atoms with Crippen LogP contribution in [0.15, 0.2) is 261 Å². The summed E-state index contributed by atoms with van der Waals surface area (Å²) in [5.41, 5.74) is 36.7. The summed E-state index contributed by atoms with van der Waals surface area (Å²) in [6, 6.07) is 68.8. The predicted octanol–water partition coefficient (Wildman–Crippen LogP) is 20.6. The van der Waals surface area contributed by atoms with Gasteiger partial charge >= 0.3 is 35.0 Å². The minimum atomic E-state index is -1.06. The number of anilines is 5.